The van der Waals surface area contributed by atoms with Crippen LogP contribution in [0, 0.1) is 0 Å². The van der Waals surface area contributed by atoms with Crippen LogP contribution >= 0.6 is 0 Å². The molecule has 4 aromatic rings. The maximum Gasteiger partial charge on any atom is 0.255 e. The van der Waals surface area contributed by atoms with Crippen LogP contribution in [0.2, 0.25) is 0 Å². The first-order valence-electron chi connectivity index (χ1n) is 6.89. The molecular weight excluding hydrogens is 276 g/mol. The van der Waals surface area contributed by atoms with Crippen LogP contribution in [0.3, 0.4) is 0 Å². The van der Waals surface area contributed by atoms with E-state index in [0.717, 1.165) is 22.8 Å². The highest BCUT2D eigenvalue weighted by Gasteiger charge is 2.09. The van der Waals surface area contributed by atoms with Crippen LogP contribution in [0.4, 0.5) is 0 Å². The number of aromatic nitrogens is 4. The molecule has 0 bridgehead atoms. The molecule has 106 valence electrons. The summed E-state index contributed by atoms with van der Waals surface area (Å²) < 4.78 is 7.74. The van der Waals surface area contributed by atoms with Crippen LogP contribution in [0.15, 0.2) is 73.2 Å². The van der Waals surface area contributed by atoms with Crippen molar-refractivity contribution >= 4 is 5.78 Å². The van der Waals surface area contributed by atoms with Crippen molar-refractivity contribution in [2.24, 2.45) is 0 Å². The largest absolute Gasteiger partial charge is 0.457 e. The van der Waals surface area contributed by atoms with Crippen LogP contribution in [0.1, 0.15) is 0 Å². The summed E-state index contributed by atoms with van der Waals surface area (Å²) in [7, 11) is 0. The molecule has 0 aliphatic rings. The summed E-state index contributed by atoms with van der Waals surface area (Å²) in [5.41, 5.74) is 1.71. The van der Waals surface area contributed by atoms with Gasteiger partial charge in [-0.15, -0.1) is 10.2 Å². The maximum absolute atomic E-state index is 5.97. The minimum atomic E-state index is 0.562. The van der Waals surface area contributed by atoms with Crippen molar-refractivity contribution in [1.29, 1.82) is 0 Å². The Morgan fingerprint density at radius 2 is 1.68 bits per heavy atom. The van der Waals surface area contributed by atoms with E-state index in [1.54, 1.807) is 10.7 Å². The molecule has 0 N–H and O–H groups in total. The number of nitrogens with zero attached hydrogens (tertiary/aromatic N) is 4. The molecule has 0 radical (unpaired) electrons. The van der Waals surface area contributed by atoms with Gasteiger partial charge in [0.2, 0.25) is 0 Å². The monoisotopic (exact) mass is 288 g/mol. The lowest BCUT2D eigenvalue weighted by atomic mass is 10.1. The molecule has 4 rings (SSSR count). The summed E-state index contributed by atoms with van der Waals surface area (Å²) in [6, 6.07) is 19.4. The summed E-state index contributed by atoms with van der Waals surface area (Å²) in [5.74, 6) is 2.11. The molecule has 0 spiro atoms. The second-order valence-corrected chi connectivity index (χ2v) is 4.76. The van der Waals surface area contributed by atoms with Gasteiger partial charge in [-0.3, -0.25) is 4.40 Å². The number of para-hydroxylation sites is 2. The fourth-order valence-electron chi connectivity index (χ4n) is 2.25. The van der Waals surface area contributed by atoms with Crippen molar-refractivity contribution in [2.75, 3.05) is 0 Å². The van der Waals surface area contributed by atoms with Crippen LogP contribution < -0.4 is 4.74 Å². The van der Waals surface area contributed by atoms with E-state index in [2.05, 4.69) is 15.2 Å². The van der Waals surface area contributed by atoms with E-state index in [1.165, 1.54) is 0 Å². The average molecular weight is 288 g/mol. The Kier molecular flexibility index (Phi) is 3.01. The molecule has 0 saturated heterocycles. The predicted octanol–water partition coefficient (Wildman–Crippen LogP) is 3.58. The maximum atomic E-state index is 5.97. The number of ether oxygens (including phenoxy) is 1. The number of rotatable bonds is 3. The lowest BCUT2D eigenvalue weighted by molar-refractivity contribution is 0.484. The molecule has 0 aliphatic heterocycles. The smallest absolute Gasteiger partial charge is 0.255 e. The molecule has 0 saturated carbocycles. The molecule has 2 heterocycles. The number of benzene rings is 2. The van der Waals surface area contributed by atoms with Crippen molar-refractivity contribution in [3.05, 3.63) is 73.2 Å². The van der Waals surface area contributed by atoms with E-state index in [1.807, 2.05) is 66.9 Å². The molecule has 0 fully saturated rings. The highest BCUT2D eigenvalue weighted by molar-refractivity contribution is 5.68. The first-order valence-corrected chi connectivity index (χ1v) is 6.89. The van der Waals surface area contributed by atoms with E-state index >= 15 is 0 Å². The molecule has 0 unspecified atom stereocenters. The van der Waals surface area contributed by atoms with Gasteiger partial charge in [0.15, 0.2) is 0 Å². The van der Waals surface area contributed by atoms with Crippen LogP contribution in [-0.4, -0.2) is 19.6 Å². The summed E-state index contributed by atoms with van der Waals surface area (Å²) in [5, 5.41) is 7.83. The Bertz CT molecular complexity index is 918. The van der Waals surface area contributed by atoms with Crippen LogP contribution in [0.5, 0.6) is 11.5 Å². The van der Waals surface area contributed by atoms with Gasteiger partial charge in [-0.25, -0.2) is 4.98 Å². The Morgan fingerprint density at radius 3 is 2.59 bits per heavy atom. The Balaban J connectivity index is 1.78. The van der Waals surface area contributed by atoms with E-state index < -0.39 is 0 Å². The van der Waals surface area contributed by atoms with E-state index in [4.69, 9.17) is 4.74 Å². The van der Waals surface area contributed by atoms with Crippen molar-refractivity contribution in [3.8, 4) is 22.8 Å². The molecule has 0 amide bonds. The number of fused-ring (bicyclic) bond motifs is 1. The van der Waals surface area contributed by atoms with Crippen molar-refractivity contribution in [3.63, 3.8) is 0 Å². The third kappa shape index (κ3) is 2.29. The standard InChI is InChI=1S/C17H12N4O/c1-2-6-13(7-3-1)22-16-9-5-4-8-14(16)15-10-11-21-12-18-20-17(21)19-15/h1-12H. The van der Waals surface area contributed by atoms with Crippen molar-refractivity contribution < 1.29 is 4.74 Å². The normalized spacial score (nSPS) is 10.7. The average Bonchev–Trinajstić information content (AvgIpc) is 3.04. The van der Waals surface area contributed by atoms with Crippen molar-refractivity contribution in [1.82, 2.24) is 19.6 Å². The second-order valence-electron chi connectivity index (χ2n) is 4.76. The van der Waals surface area contributed by atoms with E-state index in [-0.39, 0.29) is 0 Å². The first-order chi connectivity index (χ1) is 10.9. The quantitative estimate of drug-likeness (QED) is 0.578. The van der Waals surface area contributed by atoms with Gasteiger partial charge >= 0.3 is 0 Å². The summed E-state index contributed by atoms with van der Waals surface area (Å²) in [6.45, 7) is 0. The number of hydrogen-bond donors (Lipinski definition) is 0. The molecule has 5 nitrogen and oxygen atoms in total. The van der Waals surface area contributed by atoms with Gasteiger partial charge in [0.25, 0.3) is 5.78 Å². The van der Waals surface area contributed by atoms with Gasteiger partial charge in [-0.2, -0.15) is 0 Å². The Morgan fingerprint density at radius 1 is 0.864 bits per heavy atom. The highest BCUT2D eigenvalue weighted by atomic mass is 16.5. The Hall–Kier alpha value is -3.21. The predicted molar refractivity (Wildman–Crippen MR) is 82.7 cm³/mol. The van der Waals surface area contributed by atoms with Crippen LogP contribution in [0.25, 0.3) is 17.0 Å². The van der Waals surface area contributed by atoms with Crippen LogP contribution in [-0.2, 0) is 0 Å². The summed E-state index contributed by atoms with van der Waals surface area (Å²) in [4.78, 5) is 4.52. The fraction of sp³-hybridized carbons (Fsp3) is 0. The van der Waals surface area contributed by atoms with Gasteiger partial charge in [0.1, 0.15) is 17.8 Å². The molecule has 0 aliphatic carbocycles. The van der Waals surface area contributed by atoms with E-state index in [9.17, 15) is 0 Å². The summed E-state index contributed by atoms with van der Waals surface area (Å²) in [6.07, 6.45) is 3.51. The highest BCUT2D eigenvalue weighted by Crippen LogP contribution is 2.32. The minimum absolute atomic E-state index is 0.562. The molecule has 22 heavy (non-hydrogen) atoms. The molecular formula is C17H12N4O. The van der Waals surface area contributed by atoms with Gasteiger partial charge < -0.3 is 4.74 Å². The Labute approximate surface area is 126 Å². The molecule has 2 aromatic carbocycles. The van der Waals surface area contributed by atoms with Gasteiger partial charge in [-0.05, 0) is 30.3 Å². The third-order valence-electron chi connectivity index (χ3n) is 3.30. The van der Waals surface area contributed by atoms with Gasteiger partial charge in [0, 0.05) is 11.8 Å². The SMILES string of the molecule is c1ccc(Oc2ccccc2-c2ccn3cnnc3n2)cc1. The second kappa shape index (κ2) is 5.29. The number of hydrogen-bond acceptors (Lipinski definition) is 4. The first kappa shape index (κ1) is 12.5. The molecule has 5 heteroatoms. The lowest BCUT2D eigenvalue weighted by Gasteiger charge is -2.10. The zero-order valence-corrected chi connectivity index (χ0v) is 11.6. The van der Waals surface area contributed by atoms with Gasteiger partial charge in [-0.1, -0.05) is 30.3 Å². The molecule has 2 aromatic heterocycles. The topological polar surface area (TPSA) is 52.3 Å². The lowest BCUT2D eigenvalue weighted by Crippen LogP contribution is -1.93. The minimum Gasteiger partial charge on any atom is -0.457 e. The molecule has 0 atom stereocenters. The van der Waals surface area contributed by atoms with Gasteiger partial charge in [0.05, 0.1) is 5.69 Å². The van der Waals surface area contributed by atoms with Crippen molar-refractivity contribution in [2.45, 2.75) is 0 Å². The zero-order valence-electron chi connectivity index (χ0n) is 11.6. The summed E-state index contributed by atoms with van der Waals surface area (Å²) >= 11 is 0. The fourth-order valence-corrected chi connectivity index (χ4v) is 2.25. The van der Waals surface area contributed by atoms with E-state index in [0.29, 0.717) is 5.78 Å². The zero-order chi connectivity index (χ0) is 14.8. The third-order valence-corrected chi connectivity index (χ3v) is 3.30.